The molecule has 1 aliphatic rings. The summed E-state index contributed by atoms with van der Waals surface area (Å²) < 4.78 is 5.57. The second-order valence-corrected chi connectivity index (χ2v) is 6.13. The fourth-order valence-corrected chi connectivity index (χ4v) is 3.05. The standard InChI is InChI=1S/C18H29NO2/c20-18(13-16-7-4-5-8-16)15-21-12-6-11-19-14-17-9-2-1-3-10-17/h1-3,9-10,16,18-20H,4-8,11-15H2. The van der Waals surface area contributed by atoms with E-state index in [9.17, 15) is 5.11 Å². The first kappa shape index (κ1) is 16.5. The quantitative estimate of drug-likeness (QED) is 0.651. The Morgan fingerprint density at radius 2 is 1.95 bits per heavy atom. The minimum atomic E-state index is -0.273. The molecular weight excluding hydrogens is 262 g/mol. The molecule has 1 aromatic carbocycles. The number of aliphatic hydroxyl groups excluding tert-OH is 1. The third-order valence-corrected chi connectivity index (χ3v) is 4.20. The van der Waals surface area contributed by atoms with Gasteiger partial charge in [0.25, 0.3) is 0 Å². The van der Waals surface area contributed by atoms with Crippen molar-refractivity contribution in [1.29, 1.82) is 0 Å². The van der Waals surface area contributed by atoms with Crippen LogP contribution in [0.2, 0.25) is 0 Å². The Morgan fingerprint density at radius 3 is 2.71 bits per heavy atom. The van der Waals surface area contributed by atoms with E-state index in [1.54, 1.807) is 0 Å². The van der Waals surface area contributed by atoms with Gasteiger partial charge in [-0.1, -0.05) is 56.0 Å². The molecule has 0 amide bonds. The van der Waals surface area contributed by atoms with E-state index in [1.807, 2.05) is 6.07 Å². The molecule has 3 heteroatoms. The van der Waals surface area contributed by atoms with Gasteiger partial charge in [0.15, 0.2) is 0 Å². The van der Waals surface area contributed by atoms with Gasteiger partial charge in [-0.05, 0) is 30.9 Å². The molecule has 0 saturated heterocycles. The SMILES string of the molecule is OC(COCCCNCc1ccccc1)CC1CCCC1. The molecule has 1 aromatic rings. The van der Waals surface area contributed by atoms with Crippen LogP contribution in [0.1, 0.15) is 44.1 Å². The molecule has 21 heavy (non-hydrogen) atoms. The van der Waals surface area contributed by atoms with E-state index in [0.29, 0.717) is 6.61 Å². The first-order chi connectivity index (χ1) is 10.3. The summed E-state index contributed by atoms with van der Waals surface area (Å²) in [4.78, 5) is 0. The molecule has 0 aromatic heterocycles. The van der Waals surface area contributed by atoms with Gasteiger partial charge in [0.05, 0.1) is 12.7 Å². The molecule has 1 aliphatic carbocycles. The predicted molar refractivity (Wildman–Crippen MR) is 86.2 cm³/mol. The monoisotopic (exact) mass is 291 g/mol. The normalized spacial score (nSPS) is 17.2. The van der Waals surface area contributed by atoms with Crippen LogP contribution in [-0.2, 0) is 11.3 Å². The molecule has 118 valence electrons. The van der Waals surface area contributed by atoms with E-state index in [-0.39, 0.29) is 6.10 Å². The summed E-state index contributed by atoms with van der Waals surface area (Å²) in [5, 5.41) is 13.3. The van der Waals surface area contributed by atoms with Crippen molar-refractivity contribution < 1.29 is 9.84 Å². The number of rotatable bonds is 10. The summed E-state index contributed by atoms with van der Waals surface area (Å²) in [6.07, 6.45) is 6.90. The molecule has 2 N–H and O–H groups in total. The lowest BCUT2D eigenvalue weighted by atomic mass is 10.0. The Balaban J connectivity index is 1.41. The van der Waals surface area contributed by atoms with Gasteiger partial charge in [-0.2, -0.15) is 0 Å². The van der Waals surface area contributed by atoms with Crippen LogP contribution in [-0.4, -0.2) is 31.0 Å². The second kappa shape index (κ2) is 9.93. The van der Waals surface area contributed by atoms with Crippen molar-refractivity contribution in [2.24, 2.45) is 5.92 Å². The lowest BCUT2D eigenvalue weighted by Crippen LogP contribution is -2.21. The summed E-state index contributed by atoms with van der Waals surface area (Å²) in [5.74, 6) is 0.733. The average molecular weight is 291 g/mol. The fraction of sp³-hybridized carbons (Fsp3) is 0.667. The fourth-order valence-electron chi connectivity index (χ4n) is 3.05. The topological polar surface area (TPSA) is 41.5 Å². The van der Waals surface area contributed by atoms with Crippen LogP contribution in [0.3, 0.4) is 0 Å². The van der Waals surface area contributed by atoms with Crippen molar-refractivity contribution in [3.8, 4) is 0 Å². The van der Waals surface area contributed by atoms with Gasteiger partial charge in [-0.25, -0.2) is 0 Å². The molecule has 3 nitrogen and oxygen atoms in total. The minimum Gasteiger partial charge on any atom is -0.391 e. The summed E-state index contributed by atoms with van der Waals surface area (Å²) in [7, 11) is 0. The van der Waals surface area contributed by atoms with Gasteiger partial charge < -0.3 is 15.2 Å². The largest absolute Gasteiger partial charge is 0.391 e. The lowest BCUT2D eigenvalue weighted by molar-refractivity contribution is 0.0237. The zero-order valence-electron chi connectivity index (χ0n) is 13.0. The number of nitrogens with one attached hydrogen (secondary N) is 1. The molecule has 0 bridgehead atoms. The van der Waals surface area contributed by atoms with E-state index in [1.165, 1.54) is 31.2 Å². The van der Waals surface area contributed by atoms with E-state index < -0.39 is 0 Å². The van der Waals surface area contributed by atoms with Crippen LogP contribution < -0.4 is 5.32 Å². The Labute approximate surface area is 128 Å². The van der Waals surface area contributed by atoms with Crippen LogP contribution in [0.5, 0.6) is 0 Å². The molecule has 1 fully saturated rings. The zero-order valence-corrected chi connectivity index (χ0v) is 13.0. The Morgan fingerprint density at radius 1 is 1.19 bits per heavy atom. The maximum absolute atomic E-state index is 9.92. The average Bonchev–Trinajstić information content (AvgIpc) is 3.00. The Bertz CT molecular complexity index is 363. The van der Waals surface area contributed by atoms with Crippen molar-refractivity contribution in [2.45, 2.75) is 51.2 Å². The number of ether oxygens (including phenoxy) is 1. The van der Waals surface area contributed by atoms with Gasteiger partial charge >= 0.3 is 0 Å². The highest BCUT2D eigenvalue weighted by Gasteiger charge is 2.18. The molecule has 1 unspecified atom stereocenters. The molecular formula is C18H29NO2. The van der Waals surface area contributed by atoms with Crippen LogP contribution in [0.15, 0.2) is 30.3 Å². The molecule has 0 radical (unpaired) electrons. The summed E-state index contributed by atoms with van der Waals surface area (Å²) in [6.45, 7) is 3.08. The van der Waals surface area contributed by atoms with Crippen molar-refractivity contribution >= 4 is 0 Å². The Kier molecular flexibility index (Phi) is 7.79. The predicted octanol–water partition coefficient (Wildman–Crippen LogP) is 3.12. The summed E-state index contributed by atoms with van der Waals surface area (Å²) in [6, 6.07) is 10.4. The molecule has 0 spiro atoms. The number of hydrogen-bond donors (Lipinski definition) is 2. The van der Waals surface area contributed by atoms with Crippen molar-refractivity contribution in [3.63, 3.8) is 0 Å². The summed E-state index contributed by atoms with van der Waals surface area (Å²) in [5.41, 5.74) is 1.31. The Hall–Kier alpha value is -0.900. The van der Waals surface area contributed by atoms with E-state index in [0.717, 1.165) is 38.5 Å². The second-order valence-electron chi connectivity index (χ2n) is 6.13. The van der Waals surface area contributed by atoms with Crippen molar-refractivity contribution in [3.05, 3.63) is 35.9 Å². The van der Waals surface area contributed by atoms with Gasteiger partial charge in [0.1, 0.15) is 0 Å². The first-order valence-corrected chi connectivity index (χ1v) is 8.35. The third kappa shape index (κ3) is 7.07. The highest BCUT2D eigenvalue weighted by molar-refractivity contribution is 5.14. The van der Waals surface area contributed by atoms with E-state index in [2.05, 4.69) is 29.6 Å². The first-order valence-electron chi connectivity index (χ1n) is 8.35. The van der Waals surface area contributed by atoms with Crippen LogP contribution in [0.25, 0.3) is 0 Å². The maximum atomic E-state index is 9.92. The highest BCUT2D eigenvalue weighted by Crippen LogP contribution is 2.28. The van der Waals surface area contributed by atoms with Gasteiger partial charge in [0.2, 0.25) is 0 Å². The van der Waals surface area contributed by atoms with E-state index >= 15 is 0 Å². The lowest BCUT2D eigenvalue weighted by Gasteiger charge is -2.15. The van der Waals surface area contributed by atoms with Crippen LogP contribution in [0.4, 0.5) is 0 Å². The molecule has 0 heterocycles. The van der Waals surface area contributed by atoms with Gasteiger partial charge in [0, 0.05) is 13.2 Å². The summed E-state index contributed by atoms with van der Waals surface area (Å²) >= 11 is 0. The van der Waals surface area contributed by atoms with Crippen molar-refractivity contribution in [2.75, 3.05) is 19.8 Å². The number of hydrogen-bond acceptors (Lipinski definition) is 3. The molecule has 1 atom stereocenters. The third-order valence-electron chi connectivity index (χ3n) is 4.20. The molecule has 2 rings (SSSR count). The highest BCUT2D eigenvalue weighted by atomic mass is 16.5. The van der Waals surface area contributed by atoms with Crippen molar-refractivity contribution in [1.82, 2.24) is 5.32 Å². The molecule has 0 aliphatic heterocycles. The smallest absolute Gasteiger partial charge is 0.0776 e. The maximum Gasteiger partial charge on any atom is 0.0776 e. The molecule has 1 saturated carbocycles. The minimum absolute atomic E-state index is 0.273. The number of benzene rings is 1. The van der Waals surface area contributed by atoms with Crippen LogP contribution in [0, 0.1) is 5.92 Å². The van der Waals surface area contributed by atoms with Gasteiger partial charge in [-0.15, -0.1) is 0 Å². The van der Waals surface area contributed by atoms with Crippen LogP contribution >= 0.6 is 0 Å². The van der Waals surface area contributed by atoms with Gasteiger partial charge in [-0.3, -0.25) is 0 Å². The number of aliphatic hydroxyl groups is 1. The van der Waals surface area contributed by atoms with E-state index in [4.69, 9.17) is 4.74 Å². The zero-order chi connectivity index (χ0) is 14.8.